The SMILES string of the molecule is CC(O)/C(N)=C/C(=N)C(=O)N[C@@H](C)CN=C/C=C(\N)c1ccc(C#N)c(Cl)c1. The summed E-state index contributed by atoms with van der Waals surface area (Å²) in [6.07, 6.45) is 3.27. The zero-order valence-corrected chi connectivity index (χ0v) is 16.4. The molecule has 0 saturated heterocycles. The molecule has 9 heteroatoms. The molecule has 0 aromatic heterocycles. The first-order valence-corrected chi connectivity index (χ1v) is 8.73. The van der Waals surface area contributed by atoms with Crippen molar-refractivity contribution in [1.82, 2.24) is 5.32 Å². The Kier molecular flexibility index (Phi) is 8.88. The van der Waals surface area contributed by atoms with Gasteiger partial charge in [0.05, 0.1) is 23.2 Å². The van der Waals surface area contributed by atoms with Crippen molar-refractivity contribution in [1.29, 1.82) is 10.7 Å². The van der Waals surface area contributed by atoms with Crippen LogP contribution in [0.3, 0.4) is 0 Å². The van der Waals surface area contributed by atoms with Gasteiger partial charge in [-0.2, -0.15) is 5.26 Å². The number of hydrogen-bond acceptors (Lipinski definition) is 7. The van der Waals surface area contributed by atoms with Crippen molar-refractivity contribution in [3.8, 4) is 6.07 Å². The van der Waals surface area contributed by atoms with Gasteiger partial charge in [0.25, 0.3) is 5.91 Å². The minimum absolute atomic E-state index is 0.0364. The first-order valence-electron chi connectivity index (χ1n) is 8.35. The van der Waals surface area contributed by atoms with Gasteiger partial charge in [0, 0.05) is 23.7 Å². The number of nitrogens with one attached hydrogen (secondary N) is 2. The normalized spacial score (nSPS) is 14.4. The van der Waals surface area contributed by atoms with E-state index >= 15 is 0 Å². The maximum atomic E-state index is 11.9. The number of allylic oxidation sites excluding steroid dienone is 1. The van der Waals surface area contributed by atoms with Crippen LogP contribution in [-0.2, 0) is 4.79 Å². The van der Waals surface area contributed by atoms with E-state index in [0.29, 0.717) is 21.8 Å². The lowest BCUT2D eigenvalue weighted by atomic mass is 10.1. The minimum Gasteiger partial charge on any atom is -0.400 e. The van der Waals surface area contributed by atoms with Gasteiger partial charge in [-0.3, -0.25) is 15.2 Å². The molecule has 7 N–H and O–H groups in total. The summed E-state index contributed by atoms with van der Waals surface area (Å²) < 4.78 is 0. The third kappa shape index (κ3) is 7.23. The Hall–Kier alpha value is -3.15. The molecule has 28 heavy (non-hydrogen) atoms. The number of nitriles is 1. The molecular weight excluding hydrogens is 380 g/mol. The van der Waals surface area contributed by atoms with Crippen molar-refractivity contribution in [3.05, 3.63) is 52.2 Å². The fourth-order valence-corrected chi connectivity index (χ4v) is 2.16. The quantitative estimate of drug-likeness (QED) is 0.413. The highest BCUT2D eigenvalue weighted by atomic mass is 35.5. The maximum absolute atomic E-state index is 11.9. The molecule has 8 nitrogen and oxygen atoms in total. The maximum Gasteiger partial charge on any atom is 0.269 e. The Bertz CT molecular complexity index is 868. The van der Waals surface area contributed by atoms with Gasteiger partial charge in [-0.25, -0.2) is 0 Å². The van der Waals surface area contributed by atoms with E-state index in [1.54, 1.807) is 31.2 Å². The number of aliphatic hydroxyl groups excluding tert-OH is 1. The van der Waals surface area contributed by atoms with E-state index in [0.717, 1.165) is 6.08 Å². The smallest absolute Gasteiger partial charge is 0.269 e. The number of halogens is 1. The second-order valence-electron chi connectivity index (χ2n) is 6.05. The Labute approximate surface area is 168 Å². The Morgan fingerprint density at radius 2 is 2.14 bits per heavy atom. The van der Waals surface area contributed by atoms with Crippen molar-refractivity contribution in [2.24, 2.45) is 16.5 Å². The fraction of sp³-hybridized carbons (Fsp3) is 0.263. The van der Waals surface area contributed by atoms with Crippen LogP contribution in [0.1, 0.15) is 25.0 Å². The van der Waals surface area contributed by atoms with Crippen LogP contribution in [0.15, 0.2) is 41.0 Å². The van der Waals surface area contributed by atoms with Gasteiger partial charge in [0.15, 0.2) is 0 Å². The molecule has 0 radical (unpaired) electrons. The van der Waals surface area contributed by atoms with Crippen molar-refractivity contribution >= 4 is 35.1 Å². The van der Waals surface area contributed by atoms with Crippen LogP contribution < -0.4 is 16.8 Å². The first-order chi connectivity index (χ1) is 13.1. The summed E-state index contributed by atoms with van der Waals surface area (Å²) in [6, 6.07) is 6.51. The van der Waals surface area contributed by atoms with Gasteiger partial charge in [-0.05, 0) is 43.7 Å². The van der Waals surface area contributed by atoms with Crippen molar-refractivity contribution < 1.29 is 9.90 Å². The highest BCUT2D eigenvalue weighted by Gasteiger charge is 2.12. The number of nitrogens with zero attached hydrogens (tertiary/aromatic N) is 2. The Morgan fingerprint density at radius 1 is 1.46 bits per heavy atom. The van der Waals surface area contributed by atoms with Gasteiger partial charge in [-0.15, -0.1) is 0 Å². The molecule has 2 atom stereocenters. The predicted molar refractivity (Wildman–Crippen MR) is 111 cm³/mol. The largest absolute Gasteiger partial charge is 0.400 e. The Morgan fingerprint density at radius 3 is 2.71 bits per heavy atom. The lowest BCUT2D eigenvalue weighted by molar-refractivity contribution is -0.115. The Balaban J connectivity index is 2.60. The van der Waals surface area contributed by atoms with Crippen molar-refractivity contribution in [3.63, 3.8) is 0 Å². The summed E-state index contributed by atoms with van der Waals surface area (Å²) in [5.74, 6) is -0.617. The van der Waals surface area contributed by atoms with E-state index in [9.17, 15) is 9.90 Å². The second-order valence-corrected chi connectivity index (χ2v) is 6.46. The fourth-order valence-electron chi connectivity index (χ4n) is 1.93. The van der Waals surface area contributed by atoms with E-state index in [-0.39, 0.29) is 24.0 Å². The van der Waals surface area contributed by atoms with Crippen LogP contribution >= 0.6 is 11.6 Å². The molecular formula is C19H23ClN6O2. The lowest BCUT2D eigenvalue weighted by Crippen LogP contribution is -2.38. The predicted octanol–water partition coefficient (Wildman–Crippen LogP) is 1.33. The van der Waals surface area contributed by atoms with Crippen LogP contribution in [0.4, 0.5) is 0 Å². The molecule has 0 spiro atoms. The molecule has 1 rings (SSSR count). The van der Waals surface area contributed by atoms with Gasteiger partial charge in [-0.1, -0.05) is 17.7 Å². The van der Waals surface area contributed by atoms with Gasteiger partial charge in [0.2, 0.25) is 0 Å². The van der Waals surface area contributed by atoms with Gasteiger partial charge >= 0.3 is 0 Å². The molecule has 1 aromatic rings. The molecule has 1 unspecified atom stereocenters. The first kappa shape index (κ1) is 22.9. The van der Waals surface area contributed by atoms with E-state index in [1.807, 2.05) is 6.07 Å². The molecule has 0 bridgehead atoms. The molecule has 1 amide bonds. The average molecular weight is 403 g/mol. The van der Waals surface area contributed by atoms with Gasteiger partial charge < -0.3 is 21.9 Å². The zero-order chi connectivity index (χ0) is 21.3. The number of benzene rings is 1. The van der Waals surface area contributed by atoms with Gasteiger partial charge in [0.1, 0.15) is 11.8 Å². The van der Waals surface area contributed by atoms with E-state index in [2.05, 4.69) is 10.3 Å². The van der Waals surface area contributed by atoms with E-state index in [4.69, 9.17) is 33.7 Å². The molecule has 0 heterocycles. The van der Waals surface area contributed by atoms with Crippen molar-refractivity contribution in [2.75, 3.05) is 6.54 Å². The topological polar surface area (TPSA) is 161 Å². The molecule has 0 aliphatic heterocycles. The summed E-state index contributed by atoms with van der Waals surface area (Å²) in [7, 11) is 0. The highest BCUT2D eigenvalue weighted by Crippen LogP contribution is 2.19. The van der Waals surface area contributed by atoms with Crippen LogP contribution in [-0.4, -0.2) is 41.6 Å². The molecule has 0 fully saturated rings. The summed E-state index contributed by atoms with van der Waals surface area (Å²) in [5.41, 5.74) is 12.6. The van der Waals surface area contributed by atoms with Crippen LogP contribution in [0.2, 0.25) is 5.02 Å². The summed E-state index contributed by atoms with van der Waals surface area (Å²) in [4.78, 5) is 16.0. The lowest BCUT2D eigenvalue weighted by Gasteiger charge is -2.11. The molecule has 1 aromatic carbocycles. The van der Waals surface area contributed by atoms with Crippen LogP contribution in [0, 0.1) is 16.7 Å². The second kappa shape index (κ2) is 10.9. The third-order valence-corrected chi connectivity index (χ3v) is 3.89. The summed E-state index contributed by atoms with van der Waals surface area (Å²) >= 11 is 5.98. The summed E-state index contributed by atoms with van der Waals surface area (Å²) in [6.45, 7) is 3.45. The standard InChI is InChI=1S/C19H23ClN6O2/c1-11(26-19(28)18(24)8-17(23)12(2)27)10-25-6-5-16(22)13-3-4-14(9-21)15(20)7-13/h3-8,11-12,24,27H,10,22-23H2,1-2H3,(H,26,28)/b16-5-,17-8-,24-18?,25-6?/t11-,12?/m0/s1. The van der Waals surface area contributed by atoms with Crippen LogP contribution in [0.5, 0.6) is 0 Å². The number of carbonyl (C=O) groups excluding carboxylic acids is 1. The zero-order valence-electron chi connectivity index (χ0n) is 15.6. The monoisotopic (exact) mass is 402 g/mol. The molecule has 148 valence electrons. The average Bonchev–Trinajstić information content (AvgIpc) is 2.64. The molecule has 0 aliphatic carbocycles. The number of hydrogen-bond donors (Lipinski definition) is 5. The third-order valence-electron chi connectivity index (χ3n) is 3.58. The molecule has 0 saturated carbocycles. The van der Waals surface area contributed by atoms with E-state index in [1.165, 1.54) is 13.1 Å². The van der Waals surface area contributed by atoms with E-state index < -0.39 is 12.0 Å². The summed E-state index contributed by atoms with van der Waals surface area (Å²) in [5, 5.41) is 28.7. The minimum atomic E-state index is -0.932. The number of carbonyl (C=O) groups is 1. The molecule has 0 aliphatic rings. The number of nitrogens with two attached hydrogens (primary N) is 2. The van der Waals surface area contributed by atoms with Crippen molar-refractivity contribution in [2.45, 2.75) is 26.0 Å². The number of rotatable bonds is 8. The van der Waals surface area contributed by atoms with Crippen LogP contribution in [0.25, 0.3) is 5.70 Å². The highest BCUT2D eigenvalue weighted by molar-refractivity contribution is 6.42. The number of aliphatic hydroxyl groups is 1. The number of aliphatic imine (C=N–C) groups is 1. The number of amides is 1.